The standard InChI is InChI=1S/C13H18N4O4/c1-9-13(17(19)20)10(2)16(15-9)7-12(18)6-14-5-11-3-4-21-8-11/h3-4,8,12,14,18H,5-7H2,1-2H3. The van der Waals surface area contributed by atoms with Crippen LogP contribution in [0.3, 0.4) is 0 Å². The third-order valence-corrected chi connectivity index (χ3v) is 3.20. The van der Waals surface area contributed by atoms with Gasteiger partial charge in [0.2, 0.25) is 0 Å². The first-order chi connectivity index (χ1) is 9.99. The van der Waals surface area contributed by atoms with Crippen LogP contribution in [0, 0.1) is 24.0 Å². The molecule has 0 aliphatic rings. The first-order valence-electron chi connectivity index (χ1n) is 6.57. The Bertz CT molecular complexity index is 606. The van der Waals surface area contributed by atoms with Crippen LogP contribution in [0.2, 0.25) is 0 Å². The molecular weight excluding hydrogens is 276 g/mol. The first-order valence-corrected chi connectivity index (χ1v) is 6.57. The molecule has 2 heterocycles. The van der Waals surface area contributed by atoms with Crippen molar-refractivity contribution in [1.82, 2.24) is 15.1 Å². The Morgan fingerprint density at radius 3 is 2.90 bits per heavy atom. The van der Waals surface area contributed by atoms with Gasteiger partial charge in [0.15, 0.2) is 0 Å². The molecule has 0 aliphatic carbocycles. The van der Waals surface area contributed by atoms with Crippen LogP contribution >= 0.6 is 0 Å². The summed E-state index contributed by atoms with van der Waals surface area (Å²) in [4.78, 5) is 10.5. The summed E-state index contributed by atoms with van der Waals surface area (Å²) in [5.41, 5.74) is 1.81. The van der Waals surface area contributed by atoms with Crippen molar-refractivity contribution in [3.8, 4) is 0 Å². The normalized spacial score (nSPS) is 12.5. The topological polar surface area (TPSA) is 106 Å². The van der Waals surface area contributed by atoms with Crippen LogP contribution in [0.25, 0.3) is 0 Å². The molecule has 0 fully saturated rings. The lowest BCUT2D eigenvalue weighted by Crippen LogP contribution is -2.30. The minimum Gasteiger partial charge on any atom is -0.472 e. The van der Waals surface area contributed by atoms with E-state index in [9.17, 15) is 15.2 Å². The molecule has 0 radical (unpaired) electrons. The van der Waals surface area contributed by atoms with Gasteiger partial charge in [-0.1, -0.05) is 0 Å². The number of aryl methyl sites for hydroxylation is 1. The number of hydrogen-bond acceptors (Lipinski definition) is 6. The number of nitrogens with one attached hydrogen (secondary N) is 1. The van der Waals surface area contributed by atoms with Crippen LogP contribution in [0.4, 0.5) is 5.69 Å². The van der Waals surface area contributed by atoms with Gasteiger partial charge in [0.25, 0.3) is 0 Å². The van der Waals surface area contributed by atoms with E-state index in [4.69, 9.17) is 4.42 Å². The number of furan rings is 1. The highest BCUT2D eigenvalue weighted by Gasteiger charge is 2.22. The van der Waals surface area contributed by atoms with Crippen molar-refractivity contribution in [3.05, 3.63) is 45.7 Å². The molecule has 2 N–H and O–H groups in total. The molecule has 8 nitrogen and oxygen atoms in total. The molecular formula is C13H18N4O4. The van der Waals surface area contributed by atoms with Gasteiger partial charge in [-0.25, -0.2) is 0 Å². The fourth-order valence-corrected chi connectivity index (χ4v) is 2.17. The lowest BCUT2D eigenvalue weighted by molar-refractivity contribution is -0.386. The van der Waals surface area contributed by atoms with Crippen LogP contribution in [0.1, 0.15) is 17.0 Å². The van der Waals surface area contributed by atoms with Crippen molar-refractivity contribution in [2.24, 2.45) is 0 Å². The fourth-order valence-electron chi connectivity index (χ4n) is 2.17. The molecule has 0 spiro atoms. The Morgan fingerprint density at radius 1 is 1.57 bits per heavy atom. The summed E-state index contributed by atoms with van der Waals surface area (Å²) >= 11 is 0. The summed E-state index contributed by atoms with van der Waals surface area (Å²) in [7, 11) is 0. The summed E-state index contributed by atoms with van der Waals surface area (Å²) in [6, 6.07) is 1.84. The average Bonchev–Trinajstić information content (AvgIpc) is 2.99. The smallest absolute Gasteiger partial charge is 0.312 e. The maximum atomic E-state index is 10.9. The Balaban J connectivity index is 1.89. The Labute approximate surface area is 121 Å². The van der Waals surface area contributed by atoms with Gasteiger partial charge in [-0.3, -0.25) is 14.8 Å². The summed E-state index contributed by atoms with van der Waals surface area (Å²) < 4.78 is 6.41. The highest BCUT2D eigenvalue weighted by molar-refractivity contribution is 5.39. The van der Waals surface area contributed by atoms with E-state index in [1.807, 2.05) is 6.07 Å². The molecule has 21 heavy (non-hydrogen) atoms. The number of rotatable bonds is 7. The van der Waals surface area contributed by atoms with Crippen molar-refractivity contribution in [3.63, 3.8) is 0 Å². The minimum absolute atomic E-state index is 0.00792. The van der Waals surface area contributed by atoms with Crippen molar-refractivity contribution in [1.29, 1.82) is 0 Å². The largest absolute Gasteiger partial charge is 0.472 e. The van der Waals surface area contributed by atoms with Crippen molar-refractivity contribution < 1.29 is 14.4 Å². The quantitative estimate of drug-likeness (QED) is 0.586. The minimum atomic E-state index is -0.686. The molecule has 114 valence electrons. The van der Waals surface area contributed by atoms with Gasteiger partial charge in [0.1, 0.15) is 11.4 Å². The molecule has 1 unspecified atom stereocenters. The summed E-state index contributed by atoms with van der Waals surface area (Å²) in [5, 5.41) is 28.1. The van der Waals surface area contributed by atoms with E-state index in [-0.39, 0.29) is 12.2 Å². The second kappa shape index (κ2) is 6.51. The molecule has 0 bridgehead atoms. The predicted molar refractivity (Wildman–Crippen MR) is 74.8 cm³/mol. The molecule has 2 aromatic heterocycles. The Morgan fingerprint density at radius 2 is 2.33 bits per heavy atom. The third kappa shape index (κ3) is 3.67. The van der Waals surface area contributed by atoms with E-state index in [0.717, 1.165) is 5.56 Å². The molecule has 8 heteroatoms. The van der Waals surface area contributed by atoms with E-state index >= 15 is 0 Å². The molecule has 0 saturated carbocycles. The lowest BCUT2D eigenvalue weighted by Gasteiger charge is -2.12. The van der Waals surface area contributed by atoms with Gasteiger partial charge in [-0.2, -0.15) is 5.10 Å². The highest BCUT2D eigenvalue weighted by Crippen LogP contribution is 2.21. The molecule has 0 aliphatic heterocycles. The second-order valence-corrected chi connectivity index (χ2v) is 4.87. The van der Waals surface area contributed by atoms with E-state index in [1.165, 1.54) is 4.68 Å². The van der Waals surface area contributed by atoms with Gasteiger partial charge in [-0.05, 0) is 19.9 Å². The number of nitrogens with zero attached hydrogens (tertiary/aromatic N) is 3. The predicted octanol–water partition coefficient (Wildman–Crippen LogP) is 1.15. The fraction of sp³-hybridized carbons (Fsp3) is 0.462. The zero-order valence-electron chi connectivity index (χ0n) is 11.9. The number of aromatic nitrogens is 2. The number of nitro groups is 1. The van der Waals surface area contributed by atoms with Gasteiger partial charge in [0.05, 0.1) is 30.1 Å². The number of aliphatic hydroxyl groups is 1. The zero-order valence-corrected chi connectivity index (χ0v) is 11.9. The Hall–Kier alpha value is -2.19. The van der Waals surface area contributed by atoms with Crippen LogP contribution < -0.4 is 5.32 Å². The van der Waals surface area contributed by atoms with Crippen molar-refractivity contribution in [2.45, 2.75) is 33.0 Å². The second-order valence-electron chi connectivity index (χ2n) is 4.87. The van der Waals surface area contributed by atoms with Gasteiger partial charge >= 0.3 is 5.69 Å². The van der Waals surface area contributed by atoms with E-state index in [1.54, 1.807) is 26.4 Å². The van der Waals surface area contributed by atoms with E-state index < -0.39 is 11.0 Å². The summed E-state index contributed by atoms with van der Waals surface area (Å²) in [6.45, 7) is 4.37. The van der Waals surface area contributed by atoms with Crippen LogP contribution in [0.5, 0.6) is 0 Å². The molecule has 1 atom stereocenters. The van der Waals surface area contributed by atoms with Crippen molar-refractivity contribution >= 4 is 5.69 Å². The molecule has 0 amide bonds. The number of aliphatic hydroxyl groups excluding tert-OH is 1. The number of hydrogen-bond donors (Lipinski definition) is 2. The van der Waals surface area contributed by atoms with Crippen LogP contribution in [-0.4, -0.2) is 32.5 Å². The van der Waals surface area contributed by atoms with Crippen LogP contribution in [-0.2, 0) is 13.1 Å². The maximum Gasteiger partial charge on any atom is 0.312 e. The molecule has 0 aromatic carbocycles. The average molecular weight is 294 g/mol. The summed E-state index contributed by atoms with van der Waals surface area (Å²) in [5.74, 6) is 0. The summed E-state index contributed by atoms with van der Waals surface area (Å²) in [6.07, 6.45) is 2.53. The van der Waals surface area contributed by atoms with E-state index in [0.29, 0.717) is 24.5 Å². The van der Waals surface area contributed by atoms with Gasteiger partial charge in [-0.15, -0.1) is 0 Å². The van der Waals surface area contributed by atoms with Gasteiger partial charge in [0, 0.05) is 18.7 Å². The zero-order chi connectivity index (χ0) is 15.4. The first kappa shape index (κ1) is 15.2. The monoisotopic (exact) mass is 294 g/mol. The maximum absolute atomic E-state index is 10.9. The highest BCUT2D eigenvalue weighted by atomic mass is 16.6. The molecule has 2 aromatic rings. The Kier molecular flexibility index (Phi) is 4.71. The van der Waals surface area contributed by atoms with Crippen LogP contribution in [0.15, 0.2) is 23.0 Å². The molecule has 0 saturated heterocycles. The van der Waals surface area contributed by atoms with Gasteiger partial charge < -0.3 is 14.8 Å². The van der Waals surface area contributed by atoms with Crippen molar-refractivity contribution in [2.75, 3.05) is 6.54 Å². The van der Waals surface area contributed by atoms with E-state index in [2.05, 4.69) is 10.4 Å². The lowest BCUT2D eigenvalue weighted by atomic mass is 10.3. The molecule has 2 rings (SSSR count). The SMILES string of the molecule is Cc1nn(CC(O)CNCc2ccoc2)c(C)c1[N+](=O)[O-]. The third-order valence-electron chi connectivity index (χ3n) is 3.20.